The molecule has 0 bridgehead atoms. The topological polar surface area (TPSA) is 0 Å². The predicted molar refractivity (Wildman–Crippen MR) is 69.4 cm³/mol. The molecule has 0 saturated carbocycles. The van der Waals surface area contributed by atoms with E-state index in [2.05, 4.69) is 18.2 Å². The lowest BCUT2D eigenvalue weighted by Gasteiger charge is -2.14. The lowest BCUT2D eigenvalue weighted by atomic mass is 9.92. The fourth-order valence-electron chi connectivity index (χ4n) is 2.68. The average molecular weight is 262 g/mol. The van der Waals surface area contributed by atoms with Gasteiger partial charge in [0.1, 0.15) is 0 Å². The molecule has 2 aliphatic rings. The van der Waals surface area contributed by atoms with Gasteiger partial charge in [-0.05, 0) is 53.7 Å². The van der Waals surface area contributed by atoms with Crippen LogP contribution in [0, 0.1) is 0 Å². The standard InChI is InChI=1S/C16H13F3/c17-16(18,19)13-8-5-12(6-9-13)15-10-7-11-3-1-2-4-14(11)15/h1,3,5-6,8-10H,2,4,7H2. The number of rotatable bonds is 1. The van der Waals surface area contributed by atoms with Gasteiger partial charge in [0.05, 0.1) is 5.56 Å². The molecule has 3 heteroatoms. The van der Waals surface area contributed by atoms with Crippen molar-refractivity contribution in [3.63, 3.8) is 0 Å². The molecular weight excluding hydrogens is 249 g/mol. The number of benzene rings is 1. The summed E-state index contributed by atoms with van der Waals surface area (Å²) in [7, 11) is 0. The van der Waals surface area contributed by atoms with Gasteiger partial charge in [0, 0.05) is 0 Å². The monoisotopic (exact) mass is 262 g/mol. The Bertz CT molecular complexity index is 583. The Kier molecular flexibility index (Phi) is 2.85. The minimum atomic E-state index is -4.26. The summed E-state index contributed by atoms with van der Waals surface area (Å²) in [6.45, 7) is 0. The Hall–Kier alpha value is -1.77. The van der Waals surface area contributed by atoms with Gasteiger partial charge in [-0.1, -0.05) is 30.4 Å². The summed E-state index contributed by atoms with van der Waals surface area (Å²) in [6.07, 6.45) is 5.02. The second-order valence-electron chi connectivity index (χ2n) is 4.84. The van der Waals surface area contributed by atoms with Crippen LogP contribution < -0.4 is 0 Å². The van der Waals surface area contributed by atoms with Crippen molar-refractivity contribution >= 4 is 5.57 Å². The zero-order chi connectivity index (χ0) is 13.5. The first kappa shape index (κ1) is 12.3. The van der Waals surface area contributed by atoms with Crippen LogP contribution in [-0.2, 0) is 6.18 Å². The molecule has 19 heavy (non-hydrogen) atoms. The molecule has 0 nitrogen and oxygen atoms in total. The van der Waals surface area contributed by atoms with E-state index in [9.17, 15) is 13.2 Å². The molecule has 0 fully saturated rings. The molecule has 0 radical (unpaired) electrons. The SMILES string of the molecule is FC(F)(F)c1ccc(C2=CCC3=C2CCC=C3)cc1. The molecule has 0 amide bonds. The summed E-state index contributed by atoms with van der Waals surface area (Å²) in [5.41, 5.74) is 4.00. The summed E-state index contributed by atoms with van der Waals surface area (Å²) in [6, 6.07) is 5.46. The van der Waals surface area contributed by atoms with Crippen LogP contribution in [0.4, 0.5) is 13.2 Å². The largest absolute Gasteiger partial charge is 0.416 e. The van der Waals surface area contributed by atoms with E-state index in [1.54, 1.807) is 12.1 Å². The second-order valence-corrected chi connectivity index (χ2v) is 4.84. The van der Waals surface area contributed by atoms with Crippen molar-refractivity contribution in [1.82, 2.24) is 0 Å². The van der Waals surface area contributed by atoms with E-state index >= 15 is 0 Å². The molecule has 0 saturated heterocycles. The molecule has 0 aliphatic heterocycles. The van der Waals surface area contributed by atoms with Gasteiger partial charge in [0.2, 0.25) is 0 Å². The maximum atomic E-state index is 12.5. The molecule has 0 N–H and O–H groups in total. The molecule has 1 aromatic carbocycles. The van der Waals surface area contributed by atoms with Crippen molar-refractivity contribution in [3.05, 3.63) is 64.8 Å². The minimum Gasteiger partial charge on any atom is -0.166 e. The van der Waals surface area contributed by atoms with Gasteiger partial charge < -0.3 is 0 Å². The molecule has 3 rings (SSSR count). The number of alkyl halides is 3. The van der Waals surface area contributed by atoms with E-state index < -0.39 is 11.7 Å². The Balaban J connectivity index is 1.92. The van der Waals surface area contributed by atoms with Crippen molar-refractivity contribution in [2.45, 2.75) is 25.4 Å². The maximum Gasteiger partial charge on any atom is 0.416 e. The highest BCUT2D eigenvalue weighted by Gasteiger charge is 2.30. The summed E-state index contributed by atoms with van der Waals surface area (Å²) < 4.78 is 37.6. The maximum absolute atomic E-state index is 12.5. The first-order chi connectivity index (χ1) is 9.05. The molecule has 98 valence electrons. The van der Waals surface area contributed by atoms with E-state index in [4.69, 9.17) is 0 Å². The summed E-state index contributed by atoms with van der Waals surface area (Å²) in [5, 5.41) is 0. The van der Waals surface area contributed by atoms with Crippen molar-refractivity contribution in [3.8, 4) is 0 Å². The highest BCUT2D eigenvalue weighted by molar-refractivity contribution is 5.84. The van der Waals surface area contributed by atoms with Crippen LogP contribution in [0.1, 0.15) is 30.4 Å². The predicted octanol–water partition coefficient (Wildman–Crippen LogP) is 5.14. The lowest BCUT2D eigenvalue weighted by Crippen LogP contribution is -2.04. The summed E-state index contributed by atoms with van der Waals surface area (Å²) >= 11 is 0. The van der Waals surface area contributed by atoms with Gasteiger partial charge in [0.25, 0.3) is 0 Å². The van der Waals surface area contributed by atoms with Crippen molar-refractivity contribution in [1.29, 1.82) is 0 Å². The Labute approximate surface area is 109 Å². The normalized spacial score (nSPS) is 18.6. The Morgan fingerprint density at radius 1 is 1.00 bits per heavy atom. The molecule has 0 aromatic heterocycles. The Morgan fingerprint density at radius 2 is 1.74 bits per heavy atom. The van der Waals surface area contributed by atoms with Gasteiger partial charge in [0.15, 0.2) is 0 Å². The van der Waals surface area contributed by atoms with Gasteiger partial charge in [-0.2, -0.15) is 13.2 Å². The quantitative estimate of drug-likeness (QED) is 0.657. The van der Waals surface area contributed by atoms with Gasteiger partial charge in [-0.15, -0.1) is 0 Å². The number of hydrogen-bond donors (Lipinski definition) is 0. The van der Waals surface area contributed by atoms with Gasteiger partial charge in [-0.3, -0.25) is 0 Å². The van der Waals surface area contributed by atoms with Crippen molar-refractivity contribution in [2.24, 2.45) is 0 Å². The zero-order valence-electron chi connectivity index (χ0n) is 10.3. The van der Waals surface area contributed by atoms with E-state index in [-0.39, 0.29) is 0 Å². The van der Waals surface area contributed by atoms with Crippen LogP contribution in [0.3, 0.4) is 0 Å². The molecule has 1 aromatic rings. The first-order valence-corrected chi connectivity index (χ1v) is 6.32. The fraction of sp³-hybridized carbons (Fsp3) is 0.250. The summed E-state index contributed by atoms with van der Waals surface area (Å²) in [5.74, 6) is 0. The highest BCUT2D eigenvalue weighted by atomic mass is 19.4. The van der Waals surface area contributed by atoms with Crippen molar-refractivity contribution < 1.29 is 13.2 Å². The van der Waals surface area contributed by atoms with Crippen LogP contribution in [0.15, 0.2) is 53.6 Å². The lowest BCUT2D eigenvalue weighted by molar-refractivity contribution is -0.137. The number of allylic oxidation sites excluding steroid dienone is 6. The third-order valence-electron chi connectivity index (χ3n) is 3.64. The highest BCUT2D eigenvalue weighted by Crippen LogP contribution is 2.40. The third kappa shape index (κ3) is 2.25. The van der Waals surface area contributed by atoms with E-state index in [1.165, 1.54) is 11.1 Å². The molecule has 0 spiro atoms. The Morgan fingerprint density at radius 3 is 2.42 bits per heavy atom. The van der Waals surface area contributed by atoms with E-state index in [0.717, 1.165) is 42.5 Å². The van der Waals surface area contributed by atoms with Gasteiger partial charge in [-0.25, -0.2) is 0 Å². The molecular formula is C16H13F3. The number of halogens is 3. The molecule has 2 aliphatic carbocycles. The zero-order valence-corrected chi connectivity index (χ0v) is 10.3. The second kappa shape index (κ2) is 4.41. The van der Waals surface area contributed by atoms with Gasteiger partial charge >= 0.3 is 6.18 Å². The molecule has 0 atom stereocenters. The smallest absolute Gasteiger partial charge is 0.166 e. The van der Waals surface area contributed by atoms with E-state index in [1.807, 2.05) is 0 Å². The first-order valence-electron chi connectivity index (χ1n) is 6.32. The van der Waals surface area contributed by atoms with Crippen LogP contribution >= 0.6 is 0 Å². The number of hydrogen-bond acceptors (Lipinski definition) is 0. The van der Waals surface area contributed by atoms with Crippen LogP contribution in [0.25, 0.3) is 5.57 Å². The molecule has 0 unspecified atom stereocenters. The van der Waals surface area contributed by atoms with Crippen LogP contribution in [0.5, 0.6) is 0 Å². The van der Waals surface area contributed by atoms with E-state index in [0.29, 0.717) is 0 Å². The average Bonchev–Trinajstić information content (AvgIpc) is 2.82. The van der Waals surface area contributed by atoms with Crippen LogP contribution in [0.2, 0.25) is 0 Å². The fourth-order valence-corrected chi connectivity index (χ4v) is 2.68. The molecule has 0 heterocycles. The van der Waals surface area contributed by atoms with Crippen molar-refractivity contribution in [2.75, 3.05) is 0 Å². The third-order valence-corrected chi connectivity index (χ3v) is 3.64. The van der Waals surface area contributed by atoms with Crippen LogP contribution in [-0.4, -0.2) is 0 Å². The minimum absolute atomic E-state index is 0.590. The summed E-state index contributed by atoms with van der Waals surface area (Å²) in [4.78, 5) is 0.